The summed E-state index contributed by atoms with van der Waals surface area (Å²) >= 11 is 3.35. The number of hydrogen-bond donors (Lipinski definition) is 2. The van der Waals surface area contributed by atoms with Gasteiger partial charge in [-0.2, -0.15) is 18.4 Å². The molecule has 0 saturated carbocycles. The van der Waals surface area contributed by atoms with Crippen molar-refractivity contribution < 1.29 is 32.6 Å². The van der Waals surface area contributed by atoms with Crippen LogP contribution in [-0.4, -0.2) is 17.0 Å². The van der Waals surface area contributed by atoms with Crippen LogP contribution in [0.3, 0.4) is 0 Å². The van der Waals surface area contributed by atoms with Crippen LogP contribution < -0.4 is 10.1 Å². The van der Waals surface area contributed by atoms with E-state index in [0.29, 0.717) is 21.3 Å². The second-order valence-corrected chi connectivity index (χ2v) is 8.04. The Kier molecular flexibility index (Phi) is 7.94. The van der Waals surface area contributed by atoms with Gasteiger partial charge in [0.15, 0.2) is 0 Å². The predicted octanol–water partition coefficient (Wildman–Crippen LogP) is 6.29. The minimum atomic E-state index is -4.57. The van der Waals surface area contributed by atoms with Crippen molar-refractivity contribution in [2.45, 2.75) is 12.8 Å². The second kappa shape index (κ2) is 10.9. The number of carboxylic acids is 1. The number of aromatic carboxylic acids is 1. The number of alkyl halides is 3. The minimum Gasteiger partial charge on any atom is -0.488 e. The van der Waals surface area contributed by atoms with Crippen LogP contribution in [0.4, 0.5) is 18.9 Å². The molecule has 1 amide bonds. The van der Waals surface area contributed by atoms with Crippen LogP contribution in [0, 0.1) is 11.3 Å². The molecule has 178 valence electrons. The Hall–Kier alpha value is -4.10. The van der Waals surface area contributed by atoms with Gasteiger partial charge in [0, 0.05) is 5.69 Å². The monoisotopic (exact) mass is 544 g/mol. The Labute approximate surface area is 206 Å². The van der Waals surface area contributed by atoms with E-state index < -0.39 is 23.6 Å². The molecule has 0 atom stereocenters. The smallest absolute Gasteiger partial charge is 0.416 e. The molecule has 0 unspecified atom stereocenters. The molecule has 3 aromatic rings. The van der Waals surface area contributed by atoms with Gasteiger partial charge in [0.05, 0.1) is 15.6 Å². The van der Waals surface area contributed by atoms with Crippen LogP contribution in [0.5, 0.6) is 5.75 Å². The van der Waals surface area contributed by atoms with E-state index >= 15 is 0 Å². The highest BCUT2D eigenvalue weighted by Crippen LogP contribution is 2.31. The molecule has 0 spiro atoms. The molecule has 0 fully saturated rings. The van der Waals surface area contributed by atoms with Crippen LogP contribution in [0.1, 0.15) is 27.0 Å². The summed E-state index contributed by atoms with van der Waals surface area (Å²) in [7, 11) is 0. The van der Waals surface area contributed by atoms with E-state index in [4.69, 9.17) is 9.84 Å². The van der Waals surface area contributed by atoms with E-state index in [2.05, 4.69) is 21.2 Å². The largest absolute Gasteiger partial charge is 0.488 e. The van der Waals surface area contributed by atoms with Crippen LogP contribution >= 0.6 is 15.9 Å². The normalized spacial score (nSPS) is 11.5. The summed E-state index contributed by atoms with van der Waals surface area (Å²) in [4.78, 5) is 23.5. The molecule has 0 bridgehead atoms. The molecule has 10 heteroatoms. The SMILES string of the molecule is N#C/C(=C/c1ccc(OCc2cccc(C(=O)O)c2)c(Br)c1)C(=O)Nc1cccc(C(F)(F)F)c1. The first-order valence-corrected chi connectivity index (χ1v) is 10.7. The Morgan fingerprint density at radius 2 is 1.83 bits per heavy atom. The molecular weight excluding hydrogens is 529 g/mol. The van der Waals surface area contributed by atoms with Crippen molar-refractivity contribution in [3.05, 3.63) is 99.0 Å². The number of benzene rings is 3. The maximum Gasteiger partial charge on any atom is 0.416 e. The fourth-order valence-electron chi connectivity index (χ4n) is 2.97. The number of carbonyl (C=O) groups excluding carboxylic acids is 1. The molecule has 3 rings (SSSR count). The zero-order valence-corrected chi connectivity index (χ0v) is 19.4. The number of carbonyl (C=O) groups is 2. The van der Waals surface area contributed by atoms with Gasteiger partial charge in [0.2, 0.25) is 0 Å². The lowest BCUT2D eigenvalue weighted by atomic mass is 10.1. The Bertz CT molecular complexity index is 1350. The van der Waals surface area contributed by atoms with E-state index in [1.54, 1.807) is 36.4 Å². The average Bonchev–Trinajstić information content (AvgIpc) is 2.81. The van der Waals surface area contributed by atoms with Crippen molar-refractivity contribution >= 4 is 39.6 Å². The van der Waals surface area contributed by atoms with Gasteiger partial charge in [-0.25, -0.2) is 4.79 Å². The van der Waals surface area contributed by atoms with Gasteiger partial charge < -0.3 is 15.2 Å². The van der Waals surface area contributed by atoms with Gasteiger partial charge >= 0.3 is 12.1 Å². The zero-order valence-electron chi connectivity index (χ0n) is 17.8. The number of carboxylic acid groups (broad SMARTS) is 1. The first-order chi connectivity index (χ1) is 16.6. The van der Waals surface area contributed by atoms with Crippen molar-refractivity contribution in [2.75, 3.05) is 5.32 Å². The minimum absolute atomic E-state index is 0.0946. The third-order valence-corrected chi connectivity index (χ3v) is 5.27. The van der Waals surface area contributed by atoms with Crippen molar-refractivity contribution in [1.29, 1.82) is 5.26 Å². The summed E-state index contributed by atoms with van der Waals surface area (Å²) in [5.41, 5.74) is -0.0759. The number of hydrogen-bond acceptors (Lipinski definition) is 4. The Morgan fingerprint density at radius 1 is 1.09 bits per heavy atom. The second-order valence-electron chi connectivity index (χ2n) is 7.19. The van der Waals surface area contributed by atoms with Crippen molar-refractivity contribution in [1.82, 2.24) is 0 Å². The fraction of sp³-hybridized carbons (Fsp3) is 0.0800. The van der Waals surface area contributed by atoms with Crippen LogP contribution in [0.25, 0.3) is 6.08 Å². The van der Waals surface area contributed by atoms with Crippen molar-refractivity contribution in [2.24, 2.45) is 0 Å². The highest BCUT2D eigenvalue weighted by Gasteiger charge is 2.30. The average molecular weight is 545 g/mol. The fourth-order valence-corrected chi connectivity index (χ4v) is 3.48. The number of halogens is 4. The van der Waals surface area contributed by atoms with Gasteiger partial charge in [-0.15, -0.1) is 0 Å². The molecule has 3 aromatic carbocycles. The third kappa shape index (κ3) is 6.94. The molecule has 2 N–H and O–H groups in total. The Balaban J connectivity index is 1.72. The molecule has 0 radical (unpaired) electrons. The van der Waals surface area contributed by atoms with Gasteiger partial charge in [-0.3, -0.25) is 4.79 Å². The van der Waals surface area contributed by atoms with E-state index in [1.165, 1.54) is 24.3 Å². The number of anilines is 1. The highest BCUT2D eigenvalue weighted by atomic mass is 79.9. The van der Waals surface area contributed by atoms with Crippen molar-refractivity contribution in [3.8, 4) is 11.8 Å². The predicted molar refractivity (Wildman–Crippen MR) is 126 cm³/mol. The number of nitrogens with one attached hydrogen (secondary N) is 1. The van der Waals surface area contributed by atoms with Crippen LogP contribution in [0.2, 0.25) is 0 Å². The van der Waals surface area contributed by atoms with E-state index in [-0.39, 0.29) is 23.4 Å². The number of rotatable bonds is 7. The number of ether oxygens (including phenoxy) is 1. The molecule has 0 aliphatic rings. The van der Waals surface area contributed by atoms with Crippen LogP contribution in [0.15, 0.2) is 76.8 Å². The number of amides is 1. The van der Waals surface area contributed by atoms with Gasteiger partial charge in [-0.1, -0.05) is 24.3 Å². The molecular formula is C25H16BrF3N2O4. The van der Waals surface area contributed by atoms with E-state index in [9.17, 15) is 28.0 Å². The molecule has 35 heavy (non-hydrogen) atoms. The summed E-state index contributed by atoms with van der Waals surface area (Å²) in [6.07, 6.45) is -3.28. The maximum absolute atomic E-state index is 12.9. The van der Waals surface area contributed by atoms with Crippen LogP contribution in [-0.2, 0) is 17.6 Å². The first-order valence-electron chi connectivity index (χ1n) is 9.92. The summed E-state index contributed by atoms with van der Waals surface area (Å²) in [6, 6.07) is 16.9. The molecule has 6 nitrogen and oxygen atoms in total. The van der Waals surface area contributed by atoms with Crippen molar-refractivity contribution in [3.63, 3.8) is 0 Å². The highest BCUT2D eigenvalue weighted by molar-refractivity contribution is 9.10. The molecule has 0 heterocycles. The number of nitriles is 1. The summed E-state index contributed by atoms with van der Waals surface area (Å²) < 4.78 is 44.8. The molecule has 0 aliphatic carbocycles. The van der Waals surface area contributed by atoms with E-state index in [0.717, 1.165) is 18.2 Å². The number of nitrogens with zero attached hydrogens (tertiary/aromatic N) is 1. The standard InChI is InChI=1S/C25H16BrF3N2O4/c26-21-11-15(7-8-22(21)35-14-16-3-1-4-17(10-16)24(33)34)9-18(13-30)23(32)31-20-6-2-5-19(12-20)25(27,28)29/h1-12H,14H2,(H,31,32)(H,33,34)/b18-9-. The molecule has 0 aliphatic heterocycles. The summed E-state index contributed by atoms with van der Waals surface area (Å²) in [5.74, 6) is -1.47. The topological polar surface area (TPSA) is 99.4 Å². The lowest BCUT2D eigenvalue weighted by Crippen LogP contribution is -2.14. The van der Waals surface area contributed by atoms with Gasteiger partial charge in [0.1, 0.15) is 24.0 Å². The quantitative estimate of drug-likeness (QED) is 0.269. The zero-order chi connectivity index (χ0) is 25.6. The summed E-state index contributed by atoms with van der Waals surface area (Å²) in [6.45, 7) is 0.109. The Morgan fingerprint density at radius 3 is 2.49 bits per heavy atom. The third-order valence-electron chi connectivity index (χ3n) is 4.65. The lowest BCUT2D eigenvalue weighted by Gasteiger charge is -2.10. The molecule has 0 aromatic heterocycles. The van der Waals surface area contributed by atoms with E-state index in [1.807, 2.05) is 0 Å². The van der Waals surface area contributed by atoms with Gasteiger partial charge in [0.25, 0.3) is 5.91 Å². The first kappa shape index (κ1) is 25.5. The lowest BCUT2D eigenvalue weighted by molar-refractivity contribution is -0.137. The molecule has 0 saturated heterocycles. The van der Waals surface area contributed by atoms with Gasteiger partial charge in [-0.05, 0) is 75.6 Å². The maximum atomic E-state index is 12.9. The summed E-state index contributed by atoms with van der Waals surface area (Å²) in [5, 5.41) is 20.7.